The van der Waals surface area contributed by atoms with Crippen molar-refractivity contribution in [3.63, 3.8) is 0 Å². The Morgan fingerprint density at radius 3 is 2.55 bits per heavy atom. The molecule has 0 fully saturated rings. The first-order chi connectivity index (χ1) is 9.65. The average molecular weight is 271 g/mol. The van der Waals surface area contributed by atoms with Crippen LogP contribution in [0, 0.1) is 0 Å². The highest BCUT2D eigenvalue weighted by Crippen LogP contribution is 2.38. The van der Waals surface area contributed by atoms with E-state index in [1.165, 1.54) is 0 Å². The molecule has 0 bridgehead atoms. The van der Waals surface area contributed by atoms with Gasteiger partial charge >= 0.3 is 0 Å². The molecule has 4 nitrogen and oxygen atoms in total. The van der Waals surface area contributed by atoms with Crippen LogP contribution in [0.1, 0.15) is 25.5 Å². The zero-order chi connectivity index (χ0) is 14.3. The molecule has 104 valence electrons. The third-order valence-electron chi connectivity index (χ3n) is 3.43. The number of hydrogen-bond donors (Lipinski definition) is 0. The topological polar surface area (TPSA) is 44.5 Å². The maximum Gasteiger partial charge on any atom is 0.230 e. The van der Waals surface area contributed by atoms with Crippen LogP contribution in [0.25, 0.3) is 22.0 Å². The number of para-hydroxylation sites is 1. The Bertz CT molecular complexity index is 774. The van der Waals surface area contributed by atoms with Crippen LogP contribution in [0.15, 0.2) is 28.7 Å². The Hall–Kier alpha value is -2.23. The van der Waals surface area contributed by atoms with Crippen molar-refractivity contribution in [2.45, 2.75) is 19.8 Å². The van der Waals surface area contributed by atoms with E-state index in [1.807, 2.05) is 24.3 Å². The first-order valence-corrected chi connectivity index (χ1v) is 6.59. The number of rotatable bonds is 3. The highest BCUT2D eigenvalue weighted by atomic mass is 16.5. The zero-order valence-electron chi connectivity index (χ0n) is 12.1. The summed E-state index contributed by atoms with van der Waals surface area (Å²) in [5, 5.41) is 1.83. The molecule has 3 rings (SSSR count). The van der Waals surface area contributed by atoms with Gasteiger partial charge in [0.15, 0.2) is 0 Å². The number of ether oxygens (including phenoxy) is 2. The Kier molecular flexibility index (Phi) is 3.01. The quantitative estimate of drug-likeness (QED) is 0.718. The summed E-state index contributed by atoms with van der Waals surface area (Å²) in [6.07, 6.45) is 0. The monoisotopic (exact) mass is 271 g/mol. The van der Waals surface area contributed by atoms with E-state index in [0.717, 1.165) is 27.8 Å². The van der Waals surface area contributed by atoms with Gasteiger partial charge in [-0.25, -0.2) is 4.98 Å². The second kappa shape index (κ2) is 4.71. The van der Waals surface area contributed by atoms with E-state index >= 15 is 0 Å². The molecule has 2 aromatic heterocycles. The number of pyridine rings is 1. The van der Waals surface area contributed by atoms with Crippen LogP contribution in [-0.2, 0) is 0 Å². The number of nitrogens with zero attached hydrogens (tertiary/aromatic N) is 1. The maximum atomic E-state index is 5.83. The van der Waals surface area contributed by atoms with Crippen LogP contribution in [0.5, 0.6) is 11.5 Å². The van der Waals surface area contributed by atoms with Crippen molar-refractivity contribution < 1.29 is 13.9 Å². The van der Waals surface area contributed by atoms with Crippen molar-refractivity contribution in [2.24, 2.45) is 0 Å². The Balaban J connectivity index is 2.43. The van der Waals surface area contributed by atoms with E-state index in [4.69, 9.17) is 13.9 Å². The lowest BCUT2D eigenvalue weighted by atomic mass is 10.1. The molecule has 0 unspecified atom stereocenters. The van der Waals surface area contributed by atoms with E-state index in [-0.39, 0.29) is 0 Å². The molecule has 0 saturated carbocycles. The molecule has 2 heterocycles. The fraction of sp³-hybridized carbons (Fsp3) is 0.312. The van der Waals surface area contributed by atoms with E-state index in [9.17, 15) is 0 Å². The highest BCUT2D eigenvalue weighted by molar-refractivity contribution is 6.01. The molecule has 0 spiro atoms. The standard InChI is InChI=1S/C16H17NO3/c1-9(2)13-8-11-15(19-4)10-6-5-7-12(18-3)14(10)17-16(11)20-13/h5-9H,1-4H3. The lowest BCUT2D eigenvalue weighted by Crippen LogP contribution is -1.91. The van der Waals surface area contributed by atoms with Gasteiger partial charge in [0.05, 0.1) is 19.6 Å². The van der Waals surface area contributed by atoms with E-state index in [2.05, 4.69) is 18.8 Å². The molecule has 0 N–H and O–H groups in total. The van der Waals surface area contributed by atoms with E-state index in [0.29, 0.717) is 17.4 Å². The first-order valence-electron chi connectivity index (χ1n) is 6.59. The minimum atomic E-state index is 0.305. The second-order valence-corrected chi connectivity index (χ2v) is 5.02. The Labute approximate surface area is 117 Å². The van der Waals surface area contributed by atoms with Gasteiger partial charge in [0, 0.05) is 11.3 Å². The number of aromatic nitrogens is 1. The molecule has 1 aromatic carbocycles. The summed E-state index contributed by atoms with van der Waals surface area (Å²) in [5.41, 5.74) is 1.34. The molecule has 0 saturated heterocycles. The fourth-order valence-corrected chi connectivity index (χ4v) is 2.38. The summed E-state index contributed by atoms with van der Waals surface area (Å²) in [6.45, 7) is 4.18. The van der Waals surface area contributed by atoms with E-state index < -0.39 is 0 Å². The largest absolute Gasteiger partial charge is 0.495 e. The molecular weight excluding hydrogens is 254 g/mol. The van der Waals surface area contributed by atoms with Crippen molar-refractivity contribution in [2.75, 3.05) is 14.2 Å². The molecule has 0 atom stereocenters. The summed E-state index contributed by atoms with van der Waals surface area (Å²) < 4.78 is 16.8. The molecule has 0 aliphatic heterocycles. The van der Waals surface area contributed by atoms with Crippen molar-refractivity contribution in [1.29, 1.82) is 0 Å². The lowest BCUT2D eigenvalue weighted by Gasteiger charge is -2.08. The molecule has 3 aromatic rings. The van der Waals surface area contributed by atoms with Gasteiger partial charge in [-0.05, 0) is 18.2 Å². The van der Waals surface area contributed by atoms with Crippen molar-refractivity contribution >= 4 is 22.0 Å². The summed E-state index contributed by atoms with van der Waals surface area (Å²) in [7, 11) is 3.30. The predicted molar refractivity (Wildman–Crippen MR) is 78.7 cm³/mol. The van der Waals surface area contributed by atoms with Crippen molar-refractivity contribution in [3.8, 4) is 11.5 Å². The average Bonchev–Trinajstić information content (AvgIpc) is 2.87. The smallest absolute Gasteiger partial charge is 0.230 e. The third-order valence-corrected chi connectivity index (χ3v) is 3.43. The molecule has 0 aliphatic rings. The molecule has 4 heteroatoms. The zero-order valence-corrected chi connectivity index (χ0v) is 12.1. The van der Waals surface area contributed by atoms with E-state index in [1.54, 1.807) is 14.2 Å². The minimum Gasteiger partial charge on any atom is -0.495 e. The van der Waals surface area contributed by atoms with Gasteiger partial charge in [-0.3, -0.25) is 0 Å². The molecule has 0 aliphatic carbocycles. The normalized spacial score (nSPS) is 11.4. The summed E-state index contributed by atoms with van der Waals surface area (Å²) >= 11 is 0. The van der Waals surface area contributed by atoms with Gasteiger partial charge in [0.25, 0.3) is 0 Å². The van der Waals surface area contributed by atoms with Gasteiger partial charge < -0.3 is 13.9 Å². The van der Waals surface area contributed by atoms with Crippen LogP contribution in [0.3, 0.4) is 0 Å². The molecule has 20 heavy (non-hydrogen) atoms. The van der Waals surface area contributed by atoms with Crippen LogP contribution >= 0.6 is 0 Å². The Morgan fingerprint density at radius 2 is 1.90 bits per heavy atom. The van der Waals surface area contributed by atoms with Gasteiger partial charge in [-0.15, -0.1) is 0 Å². The lowest BCUT2D eigenvalue weighted by molar-refractivity contribution is 0.416. The number of fused-ring (bicyclic) bond motifs is 2. The minimum absolute atomic E-state index is 0.305. The van der Waals surface area contributed by atoms with Gasteiger partial charge in [-0.1, -0.05) is 19.9 Å². The summed E-state index contributed by atoms with van der Waals surface area (Å²) in [5.74, 6) is 2.70. The maximum absolute atomic E-state index is 5.83. The SMILES string of the molecule is COc1c2cc(C(C)C)oc2nc2c(OC)cccc12. The van der Waals surface area contributed by atoms with Crippen molar-refractivity contribution in [1.82, 2.24) is 4.98 Å². The first kappa shape index (κ1) is 12.8. The summed E-state index contributed by atoms with van der Waals surface area (Å²) in [6, 6.07) is 7.80. The van der Waals surface area contributed by atoms with Crippen LogP contribution < -0.4 is 9.47 Å². The number of benzene rings is 1. The van der Waals surface area contributed by atoms with Crippen molar-refractivity contribution in [3.05, 3.63) is 30.0 Å². The third kappa shape index (κ3) is 1.80. The molecule has 0 radical (unpaired) electrons. The number of hydrogen-bond acceptors (Lipinski definition) is 4. The number of furan rings is 1. The van der Waals surface area contributed by atoms with Crippen LogP contribution in [0.2, 0.25) is 0 Å². The molecular formula is C16H17NO3. The van der Waals surface area contributed by atoms with Gasteiger partial charge in [-0.2, -0.15) is 0 Å². The molecule has 0 amide bonds. The van der Waals surface area contributed by atoms with Gasteiger partial charge in [0.2, 0.25) is 5.71 Å². The fourth-order valence-electron chi connectivity index (χ4n) is 2.38. The Morgan fingerprint density at radius 1 is 1.10 bits per heavy atom. The number of methoxy groups -OCH3 is 2. The second-order valence-electron chi connectivity index (χ2n) is 5.02. The summed E-state index contributed by atoms with van der Waals surface area (Å²) in [4.78, 5) is 4.59. The highest BCUT2D eigenvalue weighted by Gasteiger charge is 2.17. The predicted octanol–water partition coefficient (Wildman–Crippen LogP) is 4.12. The van der Waals surface area contributed by atoms with Crippen LogP contribution in [0.4, 0.5) is 0 Å². The van der Waals surface area contributed by atoms with Crippen LogP contribution in [-0.4, -0.2) is 19.2 Å². The van der Waals surface area contributed by atoms with Gasteiger partial charge in [0.1, 0.15) is 22.8 Å².